The Balaban J connectivity index is 2.37. The zero-order chi connectivity index (χ0) is 10.8. The second-order valence-corrected chi connectivity index (χ2v) is 3.05. The van der Waals surface area contributed by atoms with Crippen molar-refractivity contribution in [3.8, 4) is 5.75 Å². The molecular formula is C9H9N3O3. The van der Waals surface area contributed by atoms with E-state index in [1.54, 1.807) is 24.3 Å². The molecule has 4 N–H and O–H groups in total. The number of carbonyl (C=O) groups excluding carboxylic acids is 2. The molecule has 1 aliphatic rings. The number of carbonyl (C=O) groups is 2. The Kier molecular flexibility index (Phi) is 2.17. The summed E-state index contributed by atoms with van der Waals surface area (Å²) in [7, 11) is 0. The lowest BCUT2D eigenvalue weighted by Gasteiger charge is -2.24. The van der Waals surface area contributed by atoms with Crippen molar-refractivity contribution in [3.63, 3.8) is 0 Å². The first kappa shape index (κ1) is 9.32. The van der Waals surface area contributed by atoms with Gasteiger partial charge in [0.15, 0.2) is 5.75 Å². The molecule has 3 amide bonds. The minimum atomic E-state index is -0.799. The summed E-state index contributed by atoms with van der Waals surface area (Å²) in [4.78, 5) is 27.1. The van der Waals surface area contributed by atoms with Crippen molar-refractivity contribution >= 4 is 11.9 Å². The summed E-state index contributed by atoms with van der Waals surface area (Å²) in [5.74, 6) is 0.0448. The van der Waals surface area contributed by atoms with Gasteiger partial charge >= 0.3 is 6.03 Å². The standard InChI is InChI=1S/C9H9N3O3/c10-9(14)11-7-5-3-1-2-4-6(5)15-12-8(7)13/h1-4,7H,(H,12,13)(H3,10,11,14). The van der Waals surface area contributed by atoms with Gasteiger partial charge in [-0.15, -0.1) is 0 Å². The molecule has 1 aromatic rings. The van der Waals surface area contributed by atoms with Crippen LogP contribution in [0.25, 0.3) is 0 Å². The Morgan fingerprint density at radius 1 is 1.47 bits per heavy atom. The fourth-order valence-electron chi connectivity index (χ4n) is 1.40. The molecule has 0 aliphatic carbocycles. The van der Waals surface area contributed by atoms with Crippen LogP contribution in [0.3, 0.4) is 0 Å². The Morgan fingerprint density at radius 3 is 2.93 bits per heavy atom. The molecule has 0 saturated heterocycles. The van der Waals surface area contributed by atoms with Gasteiger partial charge in [0.1, 0.15) is 6.04 Å². The maximum Gasteiger partial charge on any atom is 0.313 e. The number of hydroxylamine groups is 1. The van der Waals surface area contributed by atoms with Gasteiger partial charge in [0.25, 0.3) is 5.91 Å². The average Bonchev–Trinajstić information content (AvgIpc) is 2.22. The van der Waals surface area contributed by atoms with Crippen molar-refractivity contribution < 1.29 is 14.4 Å². The van der Waals surface area contributed by atoms with Gasteiger partial charge < -0.3 is 15.9 Å². The van der Waals surface area contributed by atoms with Crippen LogP contribution in [0.1, 0.15) is 11.6 Å². The Hall–Kier alpha value is -2.24. The molecule has 1 heterocycles. The summed E-state index contributed by atoms with van der Waals surface area (Å²) >= 11 is 0. The van der Waals surface area contributed by atoms with E-state index in [2.05, 4.69) is 10.8 Å². The number of hydrogen-bond acceptors (Lipinski definition) is 3. The van der Waals surface area contributed by atoms with Crippen LogP contribution in [-0.2, 0) is 4.79 Å². The predicted molar refractivity (Wildman–Crippen MR) is 50.7 cm³/mol. The van der Waals surface area contributed by atoms with Crippen LogP contribution < -0.4 is 21.4 Å². The third-order valence-corrected chi connectivity index (χ3v) is 2.04. The summed E-state index contributed by atoms with van der Waals surface area (Å²) in [6, 6.07) is 5.33. The average molecular weight is 207 g/mol. The molecule has 0 bridgehead atoms. The van der Waals surface area contributed by atoms with Gasteiger partial charge in [0, 0.05) is 5.56 Å². The normalized spacial score (nSPS) is 18.4. The number of hydrogen-bond donors (Lipinski definition) is 3. The van der Waals surface area contributed by atoms with E-state index in [1.807, 2.05) is 0 Å². The van der Waals surface area contributed by atoms with Gasteiger partial charge in [0.2, 0.25) is 0 Å². The molecule has 0 saturated carbocycles. The van der Waals surface area contributed by atoms with Gasteiger partial charge in [-0.2, -0.15) is 5.48 Å². The van der Waals surface area contributed by atoms with Gasteiger partial charge in [-0.3, -0.25) is 4.79 Å². The van der Waals surface area contributed by atoms with Crippen molar-refractivity contribution in [1.29, 1.82) is 0 Å². The molecule has 1 aliphatic heterocycles. The topological polar surface area (TPSA) is 93.5 Å². The summed E-state index contributed by atoms with van der Waals surface area (Å²) < 4.78 is 0. The molecule has 0 aromatic heterocycles. The van der Waals surface area contributed by atoms with Gasteiger partial charge in [0.05, 0.1) is 0 Å². The molecule has 2 rings (SSSR count). The molecule has 0 radical (unpaired) electrons. The van der Waals surface area contributed by atoms with E-state index in [1.165, 1.54) is 0 Å². The number of para-hydroxylation sites is 1. The van der Waals surface area contributed by atoms with Gasteiger partial charge in [-0.05, 0) is 6.07 Å². The molecule has 15 heavy (non-hydrogen) atoms. The van der Waals surface area contributed by atoms with Crippen LogP contribution in [0.5, 0.6) is 5.75 Å². The van der Waals surface area contributed by atoms with Crippen molar-refractivity contribution in [2.24, 2.45) is 5.73 Å². The first-order valence-corrected chi connectivity index (χ1v) is 4.30. The second-order valence-electron chi connectivity index (χ2n) is 3.05. The summed E-state index contributed by atoms with van der Waals surface area (Å²) in [5, 5.41) is 2.33. The van der Waals surface area contributed by atoms with Crippen molar-refractivity contribution in [1.82, 2.24) is 10.8 Å². The largest absolute Gasteiger partial charge is 0.379 e. The van der Waals surface area contributed by atoms with Gasteiger partial charge in [-0.25, -0.2) is 4.79 Å². The predicted octanol–water partition coefficient (Wildman–Crippen LogP) is -0.180. The highest BCUT2D eigenvalue weighted by molar-refractivity contribution is 5.88. The van der Waals surface area contributed by atoms with E-state index in [4.69, 9.17) is 10.6 Å². The molecule has 1 aromatic carbocycles. The Labute approximate surface area is 85.4 Å². The third kappa shape index (κ3) is 1.69. The highest BCUT2D eigenvalue weighted by atomic mass is 16.7. The van der Waals surface area contributed by atoms with E-state index in [9.17, 15) is 9.59 Å². The Bertz CT molecular complexity index is 419. The molecule has 0 fully saturated rings. The van der Waals surface area contributed by atoms with Crippen LogP contribution >= 0.6 is 0 Å². The maximum atomic E-state index is 11.4. The lowest BCUT2D eigenvalue weighted by atomic mass is 10.0. The third-order valence-electron chi connectivity index (χ3n) is 2.04. The fraction of sp³-hybridized carbons (Fsp3) is 0.111. The smallest absolute Gasteiger partial charge is 0.313 e. The zero-order valence-electron chi connectivity index (χ0n) is 7.69. The Morgan fingerprint density at radius 2 is 2.20 bits per heavy atom. The highest BCUT2D eigenvalue weighted by Gasteiger charge is 2.29. The lowest BCUT2D eigenvalue weighted by molar-refractivity contribution is -0.131. The van der Waals surface area contributed by atoms with E-state index in [0.717, 1.165) is 0 Å². The lowest BCUT2D eigenvalue weighted by Crippen LogP contribution is -2.46. The molecule has 78 valence electrons. The van der Waals surface area contributed by atoms with E-state index in [-0.39, 0.29) is 0 Å². The number of primary amides is 1. The summed E-state index contributed by atoms with van der Waals surface area (Å²) in [6.07, 6.45) is 0. The van der Waals surface area contributed by atoms with Crippen LogP contribution in [0.15, 0.2) is 24.3 Å². The number of amides is 3. The van der Waals surface area contributed by atoms with Crippen LogP contribution in [0.2, 0.25) is 0 Å². The van der Waals surface area contributed by atoms with Gasteiger partial charge in [-0.1, -0.05) is 18.2 Å². The summed E-state index contributed by atoms with van der Waals surface area (Å²) in [5.41, 5.74) is 7.74. The molecule has 1 unspecified atom stereocenters. The molecule has 0 spiro atoms. The van der Waals surface area contributed by atoms with E-state index >= 15 is 0 Å². The number of nitrogens with two attached hydrogens (primary N) is 1. The number of rotatable bonds is 1. The summed E-state index contributed by atoms with van der Waals surface area (Å²) in [6.45, 7) is 0. The first-order valence-electron chi connectivity index (χ1n) is 4.30. The molecule has 1 atom stereocenters. The van der Waals surface area contributed by atoms with Crippen LogP contribution in [-0.4, -0.2) is 11.9 Å². The van der Waals surface area contributed by atoms with E-state index < -0.39 is 18.0 Å². The molecule has 6 heteroatoms. The number of nitrogens with one attached hydrogen (secondary N) is 2. The SMILES string of the molecule is NC(=O)NC1C(=O)NOc2ccccc21. The van der Waals surface area contributed by atoms with Crippen molar-refractivity contribution in [2.75, 3.05) is 0 Å². The quantitative estimate of drug-likeness (QED) is 0.596. The second kappa shape index (κ2) is 3.49. The van der Waals surface area contributed by atoms with Crippen LogP contribution in [0.4, 0.5) is 4.79 Å². The highest BCUT2D eigenvalue weighted by Crippen LogP contribution is 2.27. The number of urea groups is 1. The van der Waals surface area contributed by atoms with Crippen molar-refractivity contribution in [2.45, 2.75) is 6.04 Å². The molecular weight excluding hydrogens is 198 g/mol. The van der Waals surface area contributed by atoms with Crippen molar-refractivity contribution in [3.05, 3.63) is 29.8 Å². The maximum absolute atomic E-state index is 11.4. The number of benzene rings is 1. The van der Waals surface area contributed by atoms with Crippen LogP contribution in [0, 0.1) is 0 Å². The monoisotopic (exact) mass is 207 g/mol. The first-order chi connectivity index (χ1) is 7.18. The number of fused-ring (bicyclic) bond motifs is 1. The fourth-order valence-corrected chi connectivity index (χ4v) is 1.40. The minimum Gasteiger partial charge on any atom is -0.379 e. The minimum absolute atomic E-state index is 0.451. The molecule has 6 nitrogen and oxygen atoms in total. The van der Waals surface area contributed by atoms with E-state index in [0.29, 0.717) is 11.3 Å². The zero-order valence-corrected chi connectivity index (χ0v) is 7.69.